The number of aromatic hydroxyl groups is 1. The van der Waals surface area contributed by atoms with Crippen LogP contribution in [0.5, 0.6) is 17.4 Å². The van der Waals surface area contributed by atoms with Crippen molar-refractivity contribution in [1.29, 1.82) is 0 Å². The number of carbonyl (C=O) groups excluding carboxylic acids is 1. The highest BCUT2D eigenvalue weighted by atomic mass is 35.5. The van der Waals surface area contributed by atoms with Crippen LogP contribution < -0.4 is 25.6 Å². The predicted octanol–water partition coefficient (Wildman–Crippen LogP) is 3.14. The number of H-pyrrole nitrogens is 1. The normalized spacial score (nSPS) is 16.5. The van der Waals surface area contributed by atoms with E-state index in [-0.39, 0.29) is 56.1 Å². The first kappa shape index (κ1) is 29.8. The van der Waals surface area contributed by atoms with Crippen LogP contribution in [0.4, 0.5) is 18.9 Å². The molecule has 224 valence electrons. The van der Waals surface area contributed by atoms with E-state index < -0.39 is 45.7 Å². The number of ether oxygens (including phenoxy) is 1. The molecule has 5 rings (SSSR count). The van der Waals surface area contributed by atoms with E-state index in [1.807, 2.05) is 0 Å². The third-order valence-electron chi connectivity index (χ3n) is 6.54. The first-order valence-electron chi connectivity index (χ1n) is 12.1. The summed E-state index contributed by atoms with van der Waals surface area (Å²) in [7, 11) is 0. The molecule has 0 radical (unpaired) electrons. The van der Waals surface area contributed by atoms with Gasteiger partial charge in [-0.15, -0.1) is 0 Å². The van der Waals surface area contributed by atoms with E-state index in [4.69, 9.17) is 27.9 Å². The highest BCUT2D eigenvalue weighted by Gasteiger charge is 2.52. The number of benzene rings is 1. The molecule has 0 aliphatic heterocycles. The van der Waals surface area contributed by atoms with Crippen molar-refractivity contribution in [2.75, 3.05) is 10.8 Å². The summed E-state index contributed by atoms with van der Waals surface area (Å²) in [5, 5.41) is 15.7. The molecule has 42 heavy (non-hydrogen) atoms. The topological polar surface area (TPSA) is 180 Å². The fourth-order valence-electron chi connectivity index (χ4n) is 4.11. The summed E-state index contributed by atoms with van der Waals surface area (Å²) in [6, 6.07) is 3.12. The van der Waals surface area contributed by atoms with E-state index in [9.17, 15) is 41.4 Å². The Morgan fingerprint density at radius 1 is 1.24 bits per heavy atom. The van der Waals surface area contributed by atoms with Crippen LogP contribution >= 0.6 is 23.2 Å². The minimum Gasteiger partial charge on any atom is -0.504 e. The summed E-state index contributed by atoms with van der Waals surface area (Å²) >= 11 is 9.87. The number of rotatable bonds is 9. The van der Waals surface area contributed by atoms with Crippen molar-refractivity contribution in [1.82, 2.24) is 25.1 Å². The lowest BCUT2D eigenvalue weighted by atomic mass is 10.2. The lowest BCUT2D eigenvalue weighted by molar-refractivity contribution is -0.143. The van der Waals surface area contributed by atoms with Gasteiger partial charge in [-0.25, -0.2) is 14.0 Å². The van der Waals surface area contributed by atoms with Crippen LogP contribution in [-0.2, 0) is 22.2 Å². The zero-order valence-corrected chi connectivity index (χ0v) is 23.3. The molecule has 2 fully saturated rings. The van der Waals surface area contributed by atoms with Crippen molar-refractivity contribution >= 4 is 46.1 Å². The molecule has 2 saturated carbocycles. The minimum absolute atomic E-state index is 0.0555. The monoisotopic (exact) mass is 650 g/mol. The van der Waals surface area contributed by atoms with Gasteiger partial charge in [0, 0.05) is 18.5 Å². The standard InChI is InChI=1S/C23H19Cl2F3N6O7S/c24-12-5-11(33-21(38)31-20(37)18(32-33)23(26,27)28)6-13(25)17(12)41-16-7-14(15(35)8-29-16)34(42(39)40)22(3-4-22)9-30-19(36)10-1-2-10/h5-8,10,35H,1-4,9H2,(H,30,36)(H,39,40)(H,31,37,38). The Labute approximate surface area is 245 Å². The molecule has 19 heteroatoms. The average Bonchev–Trinajstić information content (AvgIpc) is 3.81. The number of hydrogen-bond donors (Lipinski definition) is 4. The van der Waals surface area contributed by atoms with Crippen molar-refractivity contribution in [3.05, 3.63) is 61.0 Å². The van der Waals surface area contributed by atoms with Crippen LogP contribution in [0.25, 0.3) is 5.69 Å². The number of amides is 1. The Hall–Kier alpha value is -3.67. The van der Waals surface area contributed by atoms with Gasteiger partial charge < -0.3 is 15.2 Å². The molecule has 1 atom stereocenters. The van der Waals surface area contributed by atoms with Crippen molar-refractivity contribution in [3.63, 3.8) is 0 Å². The quantitative estimate of drug-likeness (QED) is 0.253. The Morgan fingerprint density at radius 2 is 1.88 bits per heavy atom. The molecular weight excluding hydrogens is 632 g/mol. The molecule has 13 nitrogen and oxygen atoms in total. The van der Waals surface area contributed by atoms with Gasteiger partial charge in [0.15, 0.2) is 11.5 Å². The Bertz CT molecular complexity index is 1700. The number of nitrogens with one attached hydrogen (secondary N) is 2. The second kappa shape index (κ2) is 10.9. The van der Waals surface area contributed by atoms with E-state index in [1.54, 1.807) is 0 Å². The molecule has 4 N–H and O–H groups in total. The number of aromatic nitrogens is 4. The maximum absolute atomic E-state index is 13.1. The third-order valence-corrected chi connectivity index (χ3v) is 8.00. The molecule has 0 bridgehead atoms. The van der Waals surface area contributed by atoms with Crippen LogP contribution in [0.1, 0.15) is 31.4 Å². The Morgan fingerprint density at radius 3 is 2.43 bits per heavy atom. The number of hydrogen-bond acceptors (Lipinski definition) is 8. The number of nitrogens with zero attached hydrogens (tertiary/aromatic N) is 4. The summed E-state index contributed by atoms with van der Waals surface area (Å²) in [4.78, 5) is 41.3. The maximum atomic E-state index is 13.1. The number of aromatic amines is 1. The molecule has 0 spiro atoms. The molecule has 2 aliphatic rings. The third kappa shape index (κ3) is 5.95. The van der Waals surface area contributed by atoms with E-state index in [0.717, 1.165) is 41.5 Å². The predicted molar refractivity (Wildman–Crippen MR) is 142 cm³/mol. The smallest absolute Gasteiger partial charge is 0.440 e. The molecule has 2 aliphatic carbocycles. The van der Waals surface area contributed by atoms with Gasteiger partial charge in [-0.1, -0.05) is 23.2 Å². The van der Waals surface area contributed by atoms with Gasteiger partial charge in [-0.05, 0) is 37.8 Å². The fraction of sp³-hybridized carbons (Fsp3) is 0.348. The Kier molecular flexibility index (Phi) is 7.71. The summed E-state index contributed by atoms with van der Waals surface area (Å²) in [6.07, 6.45) is -1.78. The van der Waals surface area contributed by atoms with Crippen LogP contribution in [0, 0.1) is 5.92 Å². The fourth-order valence-corrected chi connectivity index (χ4v) is 5.56. The molecule has 0 saturated heterocycles. The highest BCUT2D eigenvalue weighted by Crippen LogP contribution is 2.48. The van der Waals surface area contributed by atoms with Crippen molar-refractivity contribution < 1.29 is 36.6 Å². The summed E-state index contributed by atoms with van der Waals surface area (Å²) in [6.45, 7) is 0.0555. The van der Waals surface area contributed by atoms with Crippen LogP contribution in [0.2, 0.25) is 10.0 Å². The SMILES string of the molecule is O=C(NCC1(N(c2cc(Oc3c(Cl)cc(-n4nc(C(F)(F)F)c(=O)[nH]c4=O)cc3Cl)ncc2O)S(=O)O)CC1)C1CC1. The van der Waals surface area contributed by atoms with Crippen molar-refractivity contribution in [3.8, 4) is 23.1 Å². The van der Waals surface area contributed by atoms with E-state index in [0.29, 0.717) is 12.8 Å². The molecule has 2 heterocycles. The zero-order chi connectivity index (χ0) is 30.6. The van der Waals surface area contributed by atoms with Gasteiger partial charge in [0.25, 0.3) is 16.8 Å². The molecule has 1 aromatic carbocycles. The second-order valence-electron chi connectivity index (χ2n) is 9.61. The number of pyridine rings is 1. The first-order chi connectivity index (χ1) is 19.7. The maximum Gasteiger partial charge on any atom is 0.440 e. The van der Waals surface area contributed by atoms with E-state index in [1.165, 1.54) is 4.98 Å². The van der Waals surface area contributed by atoms with Gasteiger partial charge in [-0.2, -0.15) is 23.0 Å². The van der Waals surface area contributed by atoms with Gasteiger partial charge in [0.05, 0.1) is 27.5 Å². The number of alkyl halides is 3. The van der Waals surface area contributed by atoms with Gasteiger partial charge in [0.1, 0.15) is 5.69 Å². The van der Waals surface area contributed by atoms with E-state index >= 15 is 0 Å². The number of halogens is 5. The van der Waals surface area contributed by atoms with Gasteiger partial charge >= 0.3 is 11.9 Å². The van der Waals surface area contributed by atoms with Crippen LogP contribution in [0.3, 0.4) is 0 Å². The van der Waals surface area contributed by atoms with Crippen LogP contribution in [-0.4, -0.2) is 51.6 Å². The zero-order valence-electron chi connectivity index (χ0n) is 20.9. The van der Waals surface area contributed by atoms with Crippen LogP contribution in [0.15, 0.2) is 34.0 Å². The van der Waals surface area contributed by atoms with Crippen molar-refractivity contribution in [2.24, 2.45) is 5.92 Å². The second-order valence-corrected chi connectivity index (χ2v) is 11.3. The molecule has 3 aromatic rings. The lowest BCUT2D eigenvalue weighted by Gasteiger charge is -2.30. The number of carbonyl (C=O) groups is 1. The van der Waals surface area contributed by atoms with Crippen molar-refractivity contribution in [2.45, 2.75) is 37.4 Å². The Balaban J connectivity index is 1.44. The summed E-state index contributed by atoms with van der Waals surface area (Å²) in [5.41, 5.74) is -6.34. The summed E-state index contributed by atoms with van der Waals surface area (Å²) in [5.74, 6) is -1.23. The van der Waals surface area contributed by atoms with E-state index in [2.05, 4.69) is 15.4 Å². The molecular formula is C23H19Cl2F3N6O7S. The minimum atomic E-state index is -5.16. The number of anilines is 1. The molecule has 1 amide bonds. The highest BCUT2D eigenvalue weighted by molar-refractivity contribution is 7.80. The largest absolute Gasteiger partial charge is 0.504 e. The van der Waals surface area contributed by atoms with Gasteiger partial charge in [0.2, 0.25) is 17.5 Å². The lowest BCUT2D eigenvalue weighted by Crippen LogP contribution is -2.47. The molecule has 1 unspecified atom stereocenters. The van der Waals surface area contributed by atoms with Gasteiger partial charge in [-0.3, -0.25) is 23.4 Å². The first-order valence-corrected chi connectivity index (χ1v) is 13.9. The average molecular weight is 651 g/mol. The molecule has 2 aromatic heterocycles. The summed E-state index contributed by atoms with van der Waals surface area (Å²) < 4.78 is 68.9.